The number of rotatable bonds is 3. The summed E-state index contributed by atoms with van der Waals surface area (Å²) in [6.45, 7) is 1.87. The first-order valence-electron chi connectivity index (χ1n) is 6.40. The Kier molecular flexibility index (Phi) is 4.15. The van der Waals surface area contributed by atoms with Crippen molar-refractivity contribution in [1.29, 1.82) is 0 Å². The first kappa shape index (κ1) is 16.0. The molecule has 0 amide bonds. The molecule has 0 aliphatic heterocycles. The molecule has 0 radical (unpaired) electrons. The maximum Gasteiger partial charge on any atom is 0.417 e. The molecule has 3 aromatic heterocycles. The molecule has 0 N–H and O–H groups in total. The van der Waals surface area contributed by atoms with Crippen LogP contribution in [0.2, 0.25) is 5.02 Å². The van der Waals surface area contributed by atoms with Gasteiger partial charge in [-0.1, -0.05) is 23.4 Å². The highest BCUT2D eigenvalue weighted by Crippen LogP contribution is 2.39. The summed E-state index contributed by atoms with van der Waals surface area (Å²) in [5, 5.41) is 4.19. The first-order chi connectivity index (χ1) is 10.9. The van der Waals surface area contributed by atoms with E-state index in [1.807, 2.05) is 6.92 Å². The van der Waals surface area contributed by atoms with Gasteiger partial charge in [-0.2, -0.15) is 23.3 Å². The molecule has 1 atom stereocenters. The summed E-state index contributed by atoms with van der Waals surface area (Å²) in [5.74, 6) is 0.446. The van der Waals surface area contributed by atoms with Gasteiger partial charge in [-0.15, -0.1) is 0 Å². The molecule has 3 aromatic rings. The van der Waals surface area contributed by atoms with Crippen LogP contribution in [0.3, 0.4) is 0 Å². The molecule has 10 heteroatoms. The minimum absolute atomic E-state index is 0.0411. The lowest BCUT2D eigenvalue weighted by atomic mass is 10.3. The molecule has 0 aromatic carbocycles. The number of hydrogen-bond acceptors (Lipinski definition) is 5. The minimum Gasteiger partial charge on any atom is -0.248 e. The summed E-state index contributed by atoms with van der Waals surface area (Å²) in [6.07, 6.45) is -0.716. The van der Waals surface area contributed by atoms with Gasteiger partial charge in [-0.05, 0) is 19.1 Å². The largest absolute Gasteiger partial charge is 0.417 e. The van der Waals surface area contributed by atoms with Gasteiger partial charge in [0.05, 0.1) is 21.5 Å². The Labute approximate surface area is 137 Å². The van der Waals surface area contributed by atoms with Crippen LogP contribution in [0.4, 0.5) is 13.2 Å². The smallest absolute Gasteiger partial charge is 0.248 e. The zero-order valence-corrected chi connectivity index (χ0v) is 13.2. The van der Waals surface area contributed by atoms with E-state index in [-0.39, 0.29) is 10.3 Å². The van der Waals surface area contributed by atoms with Gasteiger partial charge in [0, 0.05) is 12.4 Å². The van der Waals surface area contributed by atoms with E-state index in [4.69, 9.17) is 11.6 Å². The van der Waals surface area contributed by atoms with E-state index in [0.717, 1.165) is 18.0 Å². The van der Waals surface area contributed by atoms with Gasteiger partial charge in [0.2, 0.25) is 0 Å². The molecule has 0 aliphatic rings. The number of alkyl halides is 3. The van der Waals surface area contributed by atoms with Gasteiger partial charge in [0.15, 0.2) is 0 Å². The predicted molar refractivity (Wildman–Crippen MR) is 79.3 cm³/mol. The molecule has 0 saturated heterocycles. The average Bonchev–Trinajstić information content (AvgIpc) is 2.96. The third-order valence-electron chi connectivity index (χ3n) is 3.05. The lowest BCUT2D eigenvalue weighted by molar-refractivity contribution is -0.137. The maximum atomic E-state index is 12.6. The van der Waals surface area contributed by atoms with Crippen LogP contribution in [0.1, 0.15) is 23.4 Å². The fraction of sp³-hybridized carbons (Fsp3) is 0.231. The number of thioether (sulfide) groups is 1. The highest BCUT2D eigenvalue weighted by Gasteiger charge is 2.31. The molecule has 0 unspecified atom stereocenters. The molecule has 3 rings (SSSR count). The molecule has 0 bridgehead atoms. The van der Waals surface area contributed by atoms with Crippen LogP contribution in [-0.2, 0) is 6.18 Å². The first-order valence-corrected chi connectivity index (χ1v) is 7.66. The monoisotopic (exact) mass is 359 g/mol. The Bertz CT molecular complexity index is 851. The molecule has 3 heterocycles. The minimum atomic E-state index is -4.47. The molecule has 0 spiro atoms. The van der Waals surface area contributed by atoms with Crippen molar-refractivity contribution in [3.05, 3.63) is 47.1 Å². The average molecular weight is 360 g/mol. The SMILES string of the molecule is C[C@@H](Sc1ncc(C(F)(F)F)cc1Cl)c1ccnc2ncnn12. The van der Waals surface area contributed by atoms with Crippen LogP contribution in [0.25, 0.3) is 5.78 Å². The summed E-state index contributed by atoms with van der Waals surface area (Å²) in [7, 11) is 0. The second-order valence-corrected chi connectivity index (χ2v) is 6.35. The quantitative estimate of drug-likeness (QED) is 0.660. The van der Waals surface area contributed by atoms with Crippen LogP contribution >= 0.6 is 23.4 Å². The van der Waals surface area contributed by atoms with Crippen LogP contribution in [0.15, 0.2) is 35.9 Å². The molecule has 120 valence electrons. The van der Waals surface area contributed by atoms with Crippen molar-refractivity contribution in [3.8, 4) is 0 Å². The lowest BCUT2D eigenvalue weighted by Gasteiger charge is -2.14. The summed E-state index contributed by atoms with van der Waals surface area (Å²) < 4.78 is 39.5. The second-order valence-electron chi connectivity index (χ2n) is 4.61. The van der Waals surface area contributed by atoms with E-state index in [1.165, 1.54) is 18.1 Å². The number of nitrogens with zero attached hydrogens (tertiary/aromatic N) is 5. The third-order valence-corrected chi connectivity index (χ3v) is 4.59. The van der Waals surface area contributed by atoms with E-state index in [1.54, 1.807) is 16.8 Å². The van der Waals surface area contributed by atoms with Gasteiger partial charge in [0.1, 0.15) is 11.4 Å². The van der Waals surface area contributed by atoms with Gasteiger partial charge in [-0.25, -0.2) is 14.5 Å². The van der Waals surface area contributed by atoms with Crippen molar-refractivity contribution in [2.24, 2.45) is 0 Å². The summed E-state index contributed by atoms with van der Waals surface area (Å²) in [4.78, 5) is 11.9. The zero-order valence-electron chi connectivity index (χ0n) is 11.6. The van der Waals surface area contributed by atoms with Crippen molar-refractivity contribution < 1.29 is 13.2 Å². The summed E-state index contributed by atoms with van der Waals surface area (Å²) in [5.41, 5.74) is -0.0858. The molecule has 0 fully saturated rings. The molecule has 5 nitrogen and oxygen atoms in total. The topological polar surface area (TPSA) is 56.0 Å². The number of fused-ring (bicyclic) bond motifs is 1. The maximum absolute atomic E-state index is 12.6. The van der Waals surface area contributed by atoms with E-state index >= 15 is 0 Å². The Morgan fingerprint density at radius 3 is 2.74 bits per heavy atom. The lowest BCUT2D eigenvalue weighted by Crippen LogP contribution is -2.06. The van der Waals surface area contributed by atoms with Gasteiger partial charge >= 0.3 is 6.18 Å². The second kappa shape index (κ2) is 5.97. The number of hydrogen-bond donors (Lipinski definition) is 0. The normalized spacial score (nSPS) is 13.4. The van der Waals surface area contributed by atoms with Crippen LogP contribution in [0, 0.1) is 0 Å². The fourth-order valence-corrected chi connectivity index (χ4v) is 3.18. The number of halogens is 4. The Morgan fingerprint density at radius 2 is 2.04 bits per heavy atom. The predicted octanol–water partition coefficient (Wildman–Crippen LogP) is 4.04. The Balaban J connectivity index is 1.88. The fourth-order valence-electron chi connectivity index (χ4n) is 1.96. The third kappa shape index (κ3) is 3.25. The van der Waals surface area contributed by atoms with Crippen molar-refractivity contribution >= 4 is 29.1 Å². The summed E-state index contributed by atoms with van der Waals surface area (Å²) in [6, 6.07) is 2.64. The van der Waals surface area contributed by atoms with Gasteiger partial charge < -0.3 is 0 Å². The van der Waals surface area contributed by atoms with E-state index in [0.29, 0.717) is 10.8 Å². The van der Waals surface area contributed by atoms with Crippen LogP contribution in [-0.4, -0.2) is 24.6 Å². The van der Waals surface area contributed by atoms with Crippen molar-refractivity contribution in [3.63, 3.8) is 0 Å². The van der Waals surface area contributed by atoms with Crippen molar-refractivity contribution in [1.82, 2.24) is 24.6 Å². The standard InChI is InChI=1S/C13H9ClF3N5S/c1-7(10-2-3-18-12-20-6-21-22(10)12)23-11-9(14)4-8(5-19-11)13(15,16)17/h2-7H,1H3/t7-/m1/s1. The highest BCUT2D eigenvalue weighted by molar-refractivity contribution is 7.99. The zero-order chi connectivity index (χ0) is 16.6. The molecular weight excluding hydrogens is 351 g/mol. The Morgan fingerprint density at radius 1 is 1.26 bits per heavy atom. The Hall–Kier alpha value is -1.87. The van der Waals surface area contributed by atoms with E-state index < -0.39 is 11.7 Å². The van der Waals surface area contributed by atoms with Gasteiger partial charge in [0.25, 0.3) is 5.78 Å². The number of pyridine rings is 1. The van der Waals surface area contributed by atoms with Crippen LogP contribution in [0.5, 0.6) is 0 Å². The van der Waals surface area contributed by atoms with Gasteiger partial charge in [-0.3, -0.25) is 0 Å². The van der Waals surface area contributed by atoms with Crippen LogP contribution < -0.4 is 0 Å². The summed E-state index contributed by atoms with van der Waals surface area (Å²) >= 11 is 7.17. The van der Waals surface area contributed by atoms with Crippen molar-refractivity contribution in [2.75, 3.05) is 0 Å². The van der Waals surface area contributed by atoms with Crippen molar-refractivity contribution in [2.45, 2.75) is 23.4 Å². The van der Waals surface area contributed by atoms with E-state index in [9.17, 15) is 13.2 Å². The van der Waals surface area contributed by atoms with E-state index in [2.05, 4.69) is 20.1 Å². The molecule has 0 aliphatic carbocycles. The molecular formula is C13H9ClF3N5S. The highest BCUT2D eigenvalue weighted by atomic mass is 35.5. The molecule has 0 saturated carbocycles. The number of aromatic nitrogens is 5. The molecule has 23 heavy (non-hydrogen) atoms.